The zero-order valence-corrected chi connectivity index (χ0v) is 33.8. The van der Waals surface area contributed by atoms with Gasteiger partial charge < -0.3 is 19.2 Å². The van der Waals surface area contributed by atoms with Crippen molar-refractivity contribution in [1.29, 1.82) is 0 Å². The highest BCUT2D eigenvalue weighted by Gasteiger charge is 2.28. The Hall–Kier alpha value is -7.30. The van der Waals surface area contributed by atoms with Gasteiger partial charge in [0.1, 0.15) is 0 Å². The minimum absolute atomic E-state index is 0.206. The molecule has 0 aliphatic heterocycles. The van der Waals surface area contributed by atoms with Gasteiger partial charge in [-0.05, 0) is 93.4 Å². The van der Waals surface area contributed by atoms with Crippen molar-refractivity contribution in [3.63, 3.8) is 0 Å². The van der Waals surface area contributed by atoms with E-state index in [1.165, 1.54) is 88.1 Å². The summed E-state index contributed by atoms with van der Waals surface area (Å²) in [5.41, 5.74) is 15.9. The molecule has 12 rings (SSSR count). The number of hydrogen-bond donors (Lipinski definition) is 1. The van der Waals surface area contributed by atoms with E-state index in [4.69, 9.17) is 0 Å². The van der Waals surface area contributed by atoms with E-state index in [0.717, 1.165) is 29.7 Å². The molecule has 60 heavy (non-hydrogen) atoms. The van der Waals surface area contributed by atoms with Gasteiger partial charge in [0.25, 0.3) is 0 Å². The molecule has 3 heterocycles. The average molecular weight is 773 g/mol. The van der Waals surface area contributed by atoms with Crippen LogP contribution in [-0.4, -0.2) is 15.4 Å². The molecule has 4 heteroatoms. The standard InChI is InChI=1S/C56H44N4/c1-36-22-26-41(27-23-36)58(39-16-8-4-9-17-39)50-32-30-43-46-35-52-47(34-48(46)57-55(43)53(50)38-14-6-3-7-15-38)44-31-33-51(54-45-20-12-13-21-49(45)60(52)56(44)54)59(40-18-10-5-11-19-40)42-28-24-37(2)25-29-42/h3-14,16-28,30-35,38,42,57H,15,29H2,1-2H3. The molecule has 4 nitrogen and oxygen atoms in total. The lowest BCUT2D eigenvalue weighted by Gasteiger charge is -2.33. The number of H-pyrrole nitrogens is 1. The average Bonchev–Trinajstić information content (AvgIpc) is 3.95. The predicted molar refractivity (Wildman–Crippen MR) is 255 cm³/mol. The molecule has 2 atom stereocenters. The fourth-order valence-corrected chi connectivity index (χ4v) is 10.2. The number of aryl methyl sites for hydroxylation is 1. The molecule has 288 valence electrons. The number of allylic oxidation sites excluding steroid dienone is 6. The predicted octanol–water partition coefficient (Wildman–Crippen LogP) is 15.3. The van der Waals surface area contributed by atoms with Crippen molar-refractivity contribution in [2.45, 2.75) is 38.6 Å². The number of nitrogens with one attached hydrogen (secondary N) is 1. The normalized spacial score (nSPS) is 16.6. The van der Waals surface area contributed by atoms with E-state index in [1.807, 2.05) is 0 Å². The number of aromatic nitrogens is 2. The van der Waals surface area contributed by atoms with Crippen LogP contribution in [0.25, 0.3) is 59.9 Å². The summed E-state index contributed by atoms with van der Waals surface area (Å²) < 4.78 is 2.54. The first kappa shape index (κ1) is 34.7. The molecule has 1 N–H and O–H groups in total. The third-order valence-corrected chi connectivity index (χ3v) is 13.0. The van der Waals surface area contributed by atoms with Gasteiger partial charge in [0.2, 0.25) is 0 Å². The monoisotopic (exact) mass is 772 g/mol. The molecule has 0 amide bonds. The number of aromatic amines is 1. The lowest BCUT2D eigenvalue weighted by molar-refractivity contribution is 0.782. The van der Waals surface area contributed by atoms with Crippen LogP contribution >= 0.6 is 0 Å². The summed E-state index contributed by atoms with van der Waals surface area (Å²) in [5, 5.41) is 7.62. The maximum atomic E-state index is 4.05. The minimum Gasteiger partial charge on any atom is -0.354 e. The summed E-state index contributed by atoms with van der Waals surface area (Å²) in [6, 6.07) is 54.2. The highest BCUT2D eigenvalue weighted by molar-refractivity contribution is 6.29. The number of fused-ring (bicyclic) bond motifs is 9. The number of nitrogens with zero attached hydrogens (tertiary/aromatic N) is 3. The molecule has 0 fully saturated rings. The highest BCUT2D eigenvalue weighted by Crippen LogP contribution is 2.49. The van der Waals surface area contributed by atoms with Crippen molar-refractivity contribution in [3.8, 4) is 0 Å². The van der Waals surface area contributed by atoms with E-state index >= 15 is 0 Å². The number of rotatable bonds is 7. The van der Waals surface area contributed by atoms with E-state index in [2.05, 4.69) is 221 Å². The van der Waals surface area contributed by atoms with Gasteiger partial charge in [-0.3, -0.25) is 0 Å². The zero-order chi connectivity index (χ0) is 39.9. The Morgan fingerprint density at radius 1 is 0.583 bits per heavy atom. The molecule has 2 unspecified atom stereocenters. The van der Waals surface area contributed by atoms with E-state index in [9.17, 15) is 0 Å². The third kappa shape index (κ3) is 5.30. The molecule has 10 aromatic rings. The van der Waals surface area contributed by atoms with Gasteiger partial charge in [-0.25, -0.2) is 0 Å². The van der Waals surface area contributed by atoms with Crippen LogP contribution in [0.15, 0.2) is 194 Å². The fourth-order valence-electron chi connectivity index (χ4n) is 10.2. The topological polar surface area (TPSA) is 26.7 Å². The summed E-state index contributed by atoms with van der Waals surface area (Å²) in [6.07, 6.45) is 18.0. The molecule has 0 radical (unpaired) electrons. The van der Waals surface area contributed by atoms with Gasteiger partial charge in [0.15, 0.2) is 0 Å². The van der Waals surface area contributed by atoms with Gasteiger partial charge in [-0.1, -0.05) is 133 Å². The molecule has 7 aromatic carbocycles. The summed E-state index contributed by atoms with van der Waals surface area (Å²) in [4.78, 5) is 9.04. The number of para-hydroxylation sites is 3. The van der Waals surface area contributed by atoms with E-state index in [1.54, 1.807) is 0 Å². The summed E-state index contributed by atoms with van der Waals surface area (Å²) in [7, 11) is 0. The van der Waals surface area contributed by atoms with Gasteiger partial charge >= 0.3 is 0 Å². The SMILES string of the molecule is CC1=CCC(N(c2ccccc2)c2ccc3c4cc5[nH]c6c(C7C=CC=CC7)c(N(c7ccccc7)c7ccc(C)cc7)ccc6c5cc4n4c5ccccc5c2c34)C=C1. The number of benzene rings is 7. The van der Waals surface area contributed by atoms with Crippen LogP contribution < -0.4 is 9.80 Å². The summed E-state index contributed by atoms with van der Waals surface area (Å²) >= 11 is 0. The minimum atomic E-state index is 0.206. The van der Waals surface area contributed by atoms with E-state index in [-0.39, 0.29) is 12.0 Å². The molecule has 2 aliphatic carbocycles. The Kier molecular flexibility index (Phi) is 7.89. The third-order valence-electron chi connectivity index (χ3n) is 13.0. The second-order valence-electron chi connectivity index (χ2n) is 16.6. The second kappa shape index (κ2) is 13.6. The smallest absolute Gasteiger partial charge is 0.0641 e. The zero-order valence-electron chi connectivity index (χ0n) is 33.8. The molecule has 0 saturated carbocycles. The Balaban J connectivity index is 1.12. The van der Waals surface area contributed by atoms with Gasteiger partial charge in [-0.15, -0.1) is 0 Å². The maximum absolute atomic E-state index is 4.05. The Morgan fingerprint density at radius 3 is 2.08 bits per heavy atom. The van der Waals surface area contributed by atoms with Crippen LogP contribution in [-0.2, 0) is 0 Å². The van der Waals surface area contributed by atoms with E-state index < -0.39 is 0 Å². The molecule has 0 spiro atoms. The van der Waals surface area contributed by atoms with Crippen LogP contribution in [0.5, 0.6) is 0 Å². The molecule has 2 aliphatic rings. The lowest BCUT2D eigenvalue weighted by atomic mass is 9.88. The van der Waals surface area contributed by atoms with Crippen molar-refractivity contribution in [2.24, 2.45) is 0 Å². The second-order valence-corrected chi connectivity index (χ2v) is 16.6. The summed E-state index contributed by atoms with van der Waals surface area (Å²) in [5.74, 6) is 0.211. The van der Waals surface area contributed by atoms with Crippen molar-refractivity contribution >= 4 is 88.3 Å². The number of hydrogen-bond acceptors (Lipinski definition) is 2. The first-order valence-electron chi connectivity index (χ1n) is 21.2. The van der Waals surface area contributed by atoms with Crippen LogP contribution in [0, 0.1) is 6.92 Å². The summed E-state index contributed by atoms with van der Waals surface area (Å²) in [6.45, 7) is 4.35. The van der Waals surface area contributed by atoms with Gasteiger partial charge in [-0.2, -0.15) is 0 Å². The molecule has 0 bridgehead atoms. The maximum Gasteiger partial charge on any atom is 0.0641 e. The van der Waals surface area contributed by atoms with Crippen LogP contribution in [0.4, 0.5) is 28.4 Å². The van der Waals surface area contributed by atoms with Crippen molar-refractivity contribution in [1.82, 2.24) is 9.38 Å². The largest absolute Gasteiger partial charge is 0.354 e. The first-order valence-corrected chi connectivity index (χ1v) is 21.2. The Bertz CT molecular complexity index is 3400. The first-order chi connectivity index (χ1) is 29.6. The van der Waals surface area contributed by atoms with Crippen LogP contribution in [0.3, 0.4) is 0 Å². The Morgan fingerprint density at radius 2 is 1.32 bits per heavy atom. The molecular formula is C56H44N4. The van der Waals surface area contributed by atoms with Crippen LogP contribution in [0.2, 0.25) is 0 Å². The molecule has 3 aromatic heterocycles. The fraction of sp³-hybridized carbons (Fsp3) is 0.107. The van der Waals surface area contributed by atoms with Gasteiger partial charge in [0.05, 0.1) is 39.5 Å². The molecule has 0 saturated heterocycles. The highest BCUT2D eigenvalue weighted by atomic mass is 15.2. The van der Waals surface area contributed by atoms with Gasteiger partial charge in [0, 0.05) is 66.4 Å². The molecular weight excluding hydrogens is 729 g/mol. The van der Waals surface area contributed by atoms with Crippen LogP contribution in [0.1, 0.15) is 36.8 Å². The van der Waals surface area contributed by atoms with E-state index in [0.29, 0.717) is 0 Å². The van der Waals surface area contributed by atoms with Crippen molar-refractivity contribution in [3.05, 3.63) is 205 Å². The lowest BCUT2D eigenvalue weighted by Crippen LogP contribution is -2.30. The van der Waals surface area contributed by atoms with Crippen molar-refractivity contribution in [2.75, 3.05) is 9.80 Å². The van der Waals surface area contributed by atoms with Crippen molar-refractivity contribution < 1.29 is 0 Å². The quantitative estimate of drug-likeness (QED) is 0.175. The Labute approximate surface area is 349 Å². The number of anilines is 5.